The second kappa shape index (κ2) is 6.49. The zero-order valence-electron chi connectivity index (χ0n) is 13.9. The minimum Gasteiger partial charge on any atom is -0.298 e. The smallest absolute Gasteiger partial charge is 0.154 e. The Morgan fingerprint density at radius 2 is 2.05 bits per heavy atom. The van der Waals surface area contributed by atoms with Gasteiger partial charge >= 0.3 is 0 Å². The highest BCUT2D eigenvalue weighted by atomic mass is 16.1. The van der Waals surface area contributed by atoms with E-state index >= 15 is 0 Å². The van der Waals surface area contributed by atoms with Gasteiger partial charge in [-0.15, -0.1) is 0 Å². The molecule has 2 bridgehead atoms. The molecule has 3 unspecified atom stereocenters. The zero-order chi connectivity index (χ0) is 15.6. The lowest BCUT2D eigenvalue weighted by atomic mass is 9.59. The molecule has 3 aliphatic rings. The normalized spacial score (nSPS) is 29.7. The number of carbonyl (C=O) groups is 1. The number of rotatable bonds is 6. The Morgan fingerprint density at radius 3 is 2.64 bits per heavy atom. The molecule has 0 aromatic carbocycles. The number of ketones is 1. The van der Waals surface area contributed by atoms with Gasteiger partial charge in [0.2, 0.25) is 0 Å². The minimum absolute atomic E-state index is 0.0653. The second-order valence-electron chi connectivity index (χ2n) is 7.12. The fourth-order valence-electron chi connectivity index (χ4n) is 4.89. The van der Waals surface area contributed by atoms with Crippen LogP contribution >= 0.6 is 0 Å². The standard InChI is InChI=1S/C19H28N2O/c1-3-9-19(10-4-2)14-21-12-8-16(19)18(22)17(21)13-15-7-5-6-11-20-15/h5-7,11,16-17H,3-4,8-10,12-14H2,1-2H3. The molecule has 3 atom stereocenters. The van der Waals surface area contributed by atoms with Gasteiger partial charge in [0.15, 0.2) is 5.78 Å². The van der Waals surface area contributed by atoms with Crippen LogP contribution in [-0.2, 0) is 11.2 Å². The summed E-state index contributed by atoms with van der Waals surface area (Å²) in [5, 5.41) is 0. The predicted molar refractivity (Wildman–Crippen MR) is 88.7 cm³/mol. The lowest BCUT2D eigenvalue weighted by Gasteiger charge is -2.56. The van der Waals surface area contributed by atoms with E-state index in [2.05, 4.69) is 23.7 Å². The van der Waals surface area contributed by atoms with Crippen LogP contribution in [0.15, 0.2) is 24.4 Å². The van der Waals surface area contributed by atoms with Crippen LogP contribution in [0.25, 0.3) is 0 Å². The van der Waals surface area contributed by atoms with Crippen LogP contribution in [0.5, 0.6) is 0 Å². The fourth-order valence-corrected chi connectivity index (χ4v) is 4.89. The van der Waals surface area contributed by atoms with Crippen molar-refractivity contribution in [1.82, 2.24) is 9.88 Å². The van der Waals surface area contributed by atoms with E-state index in [1.807, 2.05) is 24.4 Å². The van der Waals surface area contributed by atoms with Crippen molar-refractivity contribution in [2.75, 3.05) is 13.1 Å². The molecule has 1 aromatic heterocycles. The molecule has 3 saturated heterocycles. The van der Waals surface area contributed by atoms with Crippen LogP contribution in [0.3, 0.4) is 0 Å². The molecular formula is C19H28N2O. The first-order chi connectivity index (χ1) is 10.7. The Morgan fingerprint density at radius 1 is 1.27 bits per heavy atom. The molecule has 22 heavy (non-hydrogen) atoms. The lowest BCUT2D eigenvalue weighted by molar-refractivity contribution is -0.152. The minimum atomic E-state index is 0.0653. The van der Waals surface area contributed by atoms with Crippen molar-refractivity contribution in [3.8, 4) is 0 Å². The summed E-state index contributed by atoms with van der Waals surface area (Å²) in [5.41, 5.74) is 1.30. The average molecular weight is 300 g/mol. The third-order valence-electron chi connectivity index (χ3n) is 5.70. The highest BCUT2D eigenvalue weighted by Gasteiger charge is 2.53. The molecule has 0 spiro atoms. The van der Waals surface area contributed by atoms with Crippen LogP contribution in [0.2, 0.25) is 0 Å². The van der Waals surface area contributed by atoms with Crippen molar-refractivity contribution < 1.29 is 4.79 Å². The molecule has 0 aliphatic carbocycles. The van der Waals surface area contributed by atoms with Crippen LogP contribution < -0.4 is 0 Å². The third-order valence-corrected chi connectivity index (χ3v) is 5.70. The van der Waals surface area contributed by atoms with Gasteiger partial charge in [-0.3, -0.25) is 14.7 Å². The van der Waals surface area contributed by atoms with Crippen molar-refractivity contribution in [2.45, 2.75) is 58.4 Å². The summed E-state index contributed by atoms with van der Waals surface area (Å²) >= 11 is 0. The van der Waals surface area contributed by atoms with Gasteiger partial charge in [0.25, 0.3) is 0 Å². The average Bonchev–Trinajstić information content (AvgIpc) is 2.52. The van der Waals surface area contributed by atoms with E-state index < -0.39 is 0 Å². The molecule has 3 heteroatoms. The third kappa shape index (κ3) is 2.71. The quantitative estimate of drug-likeness (QED) is 0.806. The Kier molecular flexibility index (Phi) is 4.62. The van der Waals surface area contributed by atoms with Gasteiger partial charge in [-0.2, -0.15) is 0 Å². The van der Waals surface area contributed by atoms with Crippen molar-refractivity contribution in [2.24, 2.45) is 11.3 Å². The molecule has 0 saturated carbocycles. The molecule has 3 fully saturated rings. The number of carbonyl (C=O) groups excluding carboxylic acids is 1. The lowest BCUT2D eigenvalue weighted by Crippen LogP contribution is -2.64. The SMILES string of the molecule is CCCC1(CCC)CN2CCC1C(=O)C2Cc1ccccn1. The molecule has 0 amide bonds. The topological polar surface area (TPSA) is 33.2 Å². The molecule has 3 aliphatic heterocycles. The Bertz CT molecular complexity index is 507. The van der Waals surface area contributed by atoms with Crippen molar-refractivity contribution in [1.29, 1.82) is 0 Å². The molecule has 0 radical (unpaired) electrons. The number of pyridine rings is 1. The molecular weight excluding hydrogens is 272 g/mol. The van der Waals surface area contributed by atoms with Gasteiger partial charge in [-0.05, 0) is 43.4 Å². The van der Waals surface area contributed by atoms with Gasteiger partial charge in [-0.1, -0.05) is 32.8 Å². The summed E-state index contributed by atoms with van der Waals surface area (Å²) in [6.07, 6.45) is 8.44. The van der Waals surface area contributed by atoms with E-state index in [1.54, 1.807) is 0 Å². The first-order valence-electron chi connectivity index (χ1n) is 8.88. The van der Waals surface area contributed by atoms with Crippen LogP contribution in [-0.4, -0.2) is 34.8 Å². The van der Waals surface area contributed by atoms with E-state index in [-0.39, 0.29) is 17.4 Å². The first kappa shape index (κ1) is 15.7. The van der Waals surface area contributed by atoms with Gasteiger partial charge in [0.1, 0.15) is 0 Å². The summed E-state index contributed by atoms with van der Waals surface area (Å²) in [4.78, 5) is 20.0. The molecule has 1 aromatic rings. The second-order valence-corrected chi connectivity index (χ2v) is 7.12. The van der Waals surface area contributed by atoms with Gasteiger partial charge < -0.3 is 0 Å². The fraction of sp³-hybridized carbons (Fsp3) is 0.684. The molecule has 0 N–H and O–H groups in total. The highest BCUT2D eigenvalue weighted by Crippen LogP contribution is 2.49. The van der Waals surface area contributed by atoms with E-state index in [0.717, 1.165) is 31.6 Å². The van der Waals surface area contributed by atoms with Gasteiger partial charge in [0.05, 0.1) is 6.04 Å². The number of fused-ring (bicyclic) bond motifs is 3. The maximum Gasteiger partial charge on any atom is 0.154 e. The Labute approximate surface area is 134 Å². The number of Topliss-reactive ketones (excluding diaryl/α,β-unsaturated/α-hetero) is 1. The highest BCUT2D eigenvalue weighted by molar-refractivity contribution is 5.89. The molecule has 4 heterocycles. The summed E-state index contributed by atoms with van der Waals surface area (Å²) in [6, 6.07) is 6.06. The van der Waals surface area contributed by atoms with Gasteiger partial charge in [0, 0.05) is 30.8 Å². The van der Waals surface area contributed by atoms with E-state index in [1.165, 1.54) is 25.7 Å². The zero-order valence-corrected chi connectivity index (χ0v) is 13.9. The summed E-state index contributed by atoms with van der Waals surface area (Å²) in [5.74, 6) is 0.774. The summed E-state index contributed by atoms with van der Waals surface area (Å²) in [6.45, 7) is 6.71. The predicted octanol–water partition coefficient (Wildman–Crippen LogP) is 3.48. The maximum atomic E-state index is 13.1. The van der Waals surface area contributed by atoms with E-state index in [4.69, 9.17) is 0 Å². The number of hydrogen-bond donors (Lipinski definition) is 0. The molecule has 4 rings (SSSR count). The van der Waals surface area contributed by atoms with Crippen LogP contribution in [0, 0.1) is 11.3 Å². The maximum absolute atomic E-state index is 13.1. The number of hydrogen-bond acceptors (Lipinski definition) is 3. The van der Waals surface area contributed by atoms with Crippen molar-refractivity contribution in [3.63, 3.8) is 0 Å². The van der Waals surface area contributed by atoms with Crippen molar-refractivity contribution >= 4 is 5.78 Å². The van der Waals surface area contributed by atoms with Crippen LogP contribution in [0.1, 0.15) is 51.6 Å². The molecule has 3 nitrogen and oxygen atoms in total. The summed E-state index contributed by atoms with van der Waals surface area (Å²) in [7, 11) is 0. The molecule has 120 valence electrons. The number of nitrogens with zero attached hydrogens (tertiary/aromatic N) is 2. The Hall–Kier alpha value is -1.22. The van der Waals surface area contributed by atoms with Crippen LogP contribution in [0.4, 0.5) is 0 Å². The Balaban J connectivity index is 1.80. The van der Waals surface area contributed by atoms with E-state index in [0.29, 0.717) is 5.78 Å². The number of piperidine rings is 3. The summed E-state index contributed by atoms with van der Waals surface area (Å²) < 4.78 is 0. The number of aromatic nitrogens is 1. The van der Waals surface area contributed by atoms with Gasteiger partial charge in [-0.25, -0.2) is 0 Å². The first-order valence-corrected chi connectivity index (χ1v) is 8.88. The largest absolute Gasteiger partial charge is 0.298 e. The van der Waals surface area contributed by atoms with Crippen molar-refractivity contribution in [3.05, 3.63) is 30.1 Å². The van der Waals surface area contributed by atoms with E-state index in [9.17, 15) is 4.79 Å². The monoisotopic (exact) mass is 300 g/mol.